The van der Waals surface area contributed by atoms with Gasteiger partial charge in [0.1, 0.15) is 5.75 Å². The molecule has 0 bridgehead atoms. The Morgan fingerprint density at radius 2 is 1.88 bits per heavy atom. The number of fused-ring (bicyclic) bond motifs is 1. The summed E-state index contributed by atoms with van der Waals surface area (Å²) in [5.41, 5.74) is 0.540. The van der Waals surface area contributed by atoms with Crippen LogP contribution < -0.4 is 9.64 Å². The van der Waals surface area contributed by atoms with Gasteiger partial charge in [0.25, 0.3) is 5.91 Å². The number of aliphatic hydroxyl groups is 1. The zero-order chi connectivity index (χ0) is 24.1. The largest absolute Gasteiger partial charge is 0.503 e. The van der Waals surface area contributed by atoms with E-state index in [1.165, 1.54) is 30.2 Å². The van der Waals surface area contributed by atoms with Crippen LogP contribution in [0.15, 0.2) is 53.8 Å². The molecule has 0 saturated heterocycles. The number of carboxylic acids is 1. The van der Waals surface area contributed by atoms with Crippen LogP contribution >= 0.6 is 0 Å². The van der Waals surface area contributed by atoms with Gasteiger partial charge < -0.3 is 19.9 Å². The molecular formula is C24H23N3O6. The lowest BCUT2D eigenvalue weighted by atomic mass is 9.82. The number of carbonyl (C=O) groups is 3. The molecule has 170 valence electrons. The van der Waals surface area contributed by atoms with Crippen molar-refractivity contribution < 1.29 is 29.3 Å². The Morgan fingerprint density at radius 3 is 2.52 bits per heavy atom. The number of aromatic carboxylic acids is 1. The minimum absolute atomic E-state index is 0.0348. The van der Waals surface area contributed by atoms with E-state index in [4.69, 9.17) is 4.74 Å². The topological polar surface area (TPSA) is 133 Å². The van der Waals surface area contributed by atoms with Crippen LogP contribution in [0.4, 0.5) is 5.95 Å². The van der Waals surface area contributed by atoms with Crippen molar-refractivity contribution in [2.75, 3.05) is 12.0 Å². The number of benzene rings is 2. The molecule has 0 radical (unpaired) electrons. The number of nitrogens with zero attached hydrogens (tertiary/aromatic N) is 2. The van der Waals surface area contributed by atoms with Gasteiger partial charge >= 0.3 is 5.97 Å². The number of rotatable bonds is 5. The Hall–Kier alpha value is -4.14. The number of aromatic nitrogens is 2. The van der Waals surface area contributed by atoms with Crippen molar-refractivity contribution in [3.63, 3.8) is 0 Å². The van der Waals surface area contributed by atoms with E-state index in [2.05, 4.69) is 9.97 Å². The summed E-state index contributed by atoms with van der Waals surface area (Å²) in [7, 11) is 1.50. The quantitative estimate of drug-likeness (QED) is 0.540. The molecule has 2 aromatic carbocycles. The highest BCUT2D eigenvalue weighted by Gasteiger charge is 2.47. The minimum Gasteiger partial charge on any atom is -0.503 e. The number of imidazole rings is 1. The molecule has 0 fully saturated rings. The number of carbonyl (C=O) groups excluding carboxylic acids is 2. The lowest BCUT2D eigenvalue weighted by molar-refractivity contribution is -0.123. The van der Waals surface area contributed by atoms with Gasteiger partial charge in [-0.25, -0.2) is 9.78 Å². The number of aliphatic hydroxyl groups excluding tert-OH is 1. The fraction of sp³-hybridized carbons (Fsp3) is 0.250. The molecule has 0 spiro atoms. The Bertz CT molecular complexity index is 1330. The Labute approximate surface area is 189 Å². The summed E-state index contributed by atoms with van der Waals surface area (Å²) in [6.07, 6.45) is 0. The number of ketones is 1. The fourth-order valence-corrected chi connectivity index (χ4v) is 3.83. The maximum absolute atomic E-state index is 13.3. The van der Waals surface area contributed by atoms with Gasteiger partial charge in [-0.3, -0.25) is 14.5 Å². The van der Waals surface area contributed by atoms with E-state index in [1.807, 2.05) is 0 Å². The molecule has 1 aromatic heterocycles. The number of hydrogen-bond donors (Lipinski definition) is 3. The van der Waals surface area contributed by atoms with Crippen LogP contribution in [-0.2, 0) is 9.59 Å². The maximum atomic E-state index is 13.3. The van der Waals surface area contributed by atoms with Crippen molar-refractivity contribution in [3.05, 3.63) is 64.9 Å². The van der Waals surface area contributed by atoms with E-state index in [-0.39, 0.29) is 22.9 Å². The molecule has 1 aliphatic heterocycles. The molecule has 2 heterocycles. The first kappa shape index (κ1) is 22.1. The molecule has 4 rings (SSSR count). The molecule has 9 nitrogen and oxygen atoms in total. The van der Waals surface area contributed by atoms with Crippen LogP contribution in [0.5, 0.6) is 5.75 Å². The summed E-state index contributed by atoms with van der Waals surface area (Å²) in [5.74, 6) is -2.31. The summed E-state index contributed by atoms with van der Waals surface area (Å²) in [6, 6.07) is 10.2. The number of H-pyrrole nitrogens is 1. The van der Waals surface area contributed by atoms with Gasteiger partial charge in [0.2, 0.25) is 5.95 Å². The lowest BCUT2D eigenvalue weighted by Crippen LogP contribution is -2.33. The number of ether oxygens (including phenoxy) is 1. The first-order valence-electron chi connectivity index (χ1n) is 10.2. The van der Waals surface area contributed by atoms with Crippen molar-refractivity contribution in [2.24, 2.45) is 5.41 Å². The number of Topliss-reactive ketones (excluding diaryl/α,β-unsaturated/α-hetero) is 1. The monoisotopic (exact) mass is 449 g/mol. The second kappa shape index (κ2) is 7.77. The molecule has 3 aromatic rings. The van der Waals surface area contributed by atoms with Gasteiger partial charge in [-0.1, -0.05) is 32.9 Å². The van der Waals surface area contributed by atoms with Crippen LogP contribution in [-0.4, -0.2) is 45.0 Å². The summed E-state index contributed by atoms with van der Waals surface area (Å²) in [4.78, 5) is 46.5. The third-order valence-corrected chi connectivity index (χ3v) is 5.49. The number of aromatic amines is 1. The molecule has 1 aliphatic rings. The number of amides is 1. The standard InChI is InChI=1S/C24H23N3O6/c1-24(2,3)20(29)17-18(12-6-5-7-14(10-12)33-4)27(21(30)19(17)28)23-25-15-9-8-13(22(31)32)11-16(15)26-23/h5-11,18,28H,1-4H3,(H,25,26)(H,31,32). The normalized spacial score (nSPS) is 16.5. The molecule has 0 aliphatic carbocycles. The Morgan fingerprint density at radius 1 is 1.15 bits per heavy atom. The number of hydrogen-bond acceptors (Lipinski definition) is 6. The molecular weight excluding hydrogens is 426 g/mol. The highest BCUT2D eigenvalue weighted by Crippen LogP contribution is 2.43. The van der Waals surface area contributed by atoms with Gasteiger partial charge in [-0.2, -0.15) is 0 Å². The smallest absolute Gasteiger partial charge is 0.335 e. The van der Waals surface area contributed by atoms with Crippen LogP contribution in [0.2, 0.25) is 0 Å². The Balaban J connectivity index is 1.91. The van der Waals surface area contributed by atoms with E-state index in [0.29, 0.717) is 22.3 Å². The Kier molecular flexibility index (Phi) is 5.20. The average molecular weight is 449 g/mol. The van der Waals surface area contributed by atoms with Gasteiger partial charge in [0.15, 0.2) is 11.5 Å². The fourth-order valence-electron chi connectivity index (χ4n) is 3.83. The highest BCUT2D eigenvalue weighted by molar-refractivity contribution is 6.17. The van der Waals surface area contributed by atoms with Crippen molar-refractivity contribution in [2.45, 2.75) is 26.8 Å². The third kappa shape index (κ3) is 3.71. The van der Waals surface area contributed by atoms with E-state index in [0.717, 1.165) is 0 Å². The molecule has 9 heteroatoms. The molecule has 0 saturated carbocycles. The second-order valence-corrected chi connectivity index (χ2v) is 8.79. The van der Waals surface area contributed by atoms with Gasteiger partial charge in [0.05, 0.1) is 35.3 Å². The lowest BCUT2D eigenvalue weighted by Gasteiger charge is -2.27. The zero-order valence-corrected chi connectivity index (χ0v) is 18.5. The SMILES string of the molecule is COc1cccc(C2C(C(=O)C(C)(C)C)=C(O)C(=O)N2c2nc3ccc(C(=O)O)cc3[nH]2)c1. The average Bonchev–Trinajstić information content (AvgIpc) is 3.30. The van der Waals surface area contributed by atoms with Crippen LogP contribution in [0, 0.1) is 5.41 Å². The summed E-state index contributed by atoms with van der Waals surface area (Å²) >= 11 is 0. The third-order valence-electron chi connectivity index (χ3n) is 5.49. The maximum Gasteiger partial charge on any atom is 0.335 e. The highest BCUT2D eigenvalue weighted by atomic mass is 16.5. The second-order valence-electron chi connectivity index (χ2n) is 8.79. The van der Waals surface area contributed by atoms with Gasteiger partial charge in [0, 0.05) is 5.41 Å². The number of anilines is 1. The molecule has 1 amide bonds. The zero-order valence-electron chi connectivity index (χ0n) is 18.5. The van der Waals surface area contributed by atoms with Gasteiger partial charge in [-0.05, 0) is 35.9 Å². The van der Waals surface area contributed by atoms with Crippen LogP contribution in [0.1, 0.15) is 42.7 Å². The summed E-state index contributed by atoms with van der Waals surface area (Å²) < 4.78 is 5.31. The van der Waals surface area contributed by atoms with Crippen molar-refractivity contribution in [1.82, 2.24) is 9.97 Å². The van der Waals surface area contributed by atoms with Crippen molar-refractivity contribution in [1.29, 1.82) is 0 Å². The van der Waals surface area contributed by atoms with E-state index >= 15 is 0 Å². The van der Waals surface area contributed by atoms with E-state index in [9.17, 15) is 24.6 Å². The summed E-state index contributed by atoms with van der Waals surface area (Å²) in [6.45, 7) is 5.13. The molecule has 33 heavy (non-hydrogen) atoms. The predicted octanol–water partition coefficient (Wildman–Crippen LogP) is 3.78. The first-order valence-corrected chi connectivity index (χ1v) is 10.2. The number of nitrogens with one attached hydrogen (secondary N) is 1. The number of methoxy groups -OCH3 is 1. The van der Waals surface area contributed by atoms with Gasteiger partial charge in [-0.15, -0.1) is 0 Å². The molecule has 3 N–H and O–H groups in total. The van der Waals surface area contributed by atoms with E-state index < -0.39 is 29.1 Å². The van der Waals surface area contributed by atoms with Crippen molar-refractivity contribution >= 4 is 34.6 Å². The first-order chi connectivity index (χ1) is 15.5. The van der Waals surface area contributed by atoms with E-state index in [1.54, 1.807) is 45.0 Å². The molecule has 1 unspecified atom stereocenters. The number of carboxylic acid groups (broad SMARTS) is 1. The molecule has 1 atom stereocenters. The minimum atomic E-state index is -1.10. The predicted molar refractivity (Wildman–Crippen MR) is 120 cm³/mol. The van der Waals surface area contributed by atoms with Crippen LogP contribution in [0.25, 0.3) is 11.0 Å². The van der Waals surface area contributed by atoms with Crippen LogP contribution in [0.3, 0.4) is 0 Å². The van der Waals surface area contributed by atoms with Crippen molar-refractivity contribution in [3.8, 4) is 5.75 Å². The summed E-state index contributed by atoms with van der Waals surface area (Å²) in [5, 5.41) is 20.1.